The van der Waals surface area contributed by atoms with Gasteiger partial charge in [0, 0.05) is 36.6 Å². The van der Waals surface area contributed by atoms with E-state index in [0.29, 0.717) is 11.5 Å². The first-order valence-corrected chi connectivity index (χ1v) is 8.97. The Kier molecular flexibility index (Phi) is 5.49. The van der Waals surface area contributed by atoms with Crippen molar-refractivity contribution in [3.05, 3.63) is 54.0 Å². The number of anilines is 2. The fourth-order valence-corrected chi connectivity index (χ4v) is 2.60. The molecular weight excluding hydrogens is 340 g/mol. The van der Waals surface area contributed by atoms with Crippen LogP contribution in [0.25, 0.3) is 11.3 Å². The number of amides is 1. The van der Waals surface area contributed by atoms with E-state index >= 15 is 0 Å². The summed E-state index contributed by atoms with van der Waals surface area (Å²) in [6.07, 6.45) is 6.25. The lowest BCUT2D eigenvalue weighted by Crippen LogP contribution is -2.31. The van der Waals surface area contributed by atoms with E-state index in [-0.39, 0.29) is 11.9 Å². The third-order valence-electron chi connectivity index (χ3n) is 4.34. The van der Waals surface area contributed by atoms with Gasteiger partial charge < -0.3 is 10.6 Å². The molecule has 1 aromatic carbocycles. The lowest BCUT2D eigenvalue weighted by atomic mass is 10.1. The minimum atomic E-state index is -0.0609. The number of benzene rings is 1. The quantitative estimate of drug-likeness (QED) is 0.700. The molecule has 0 spiro atoms. The highest BCUT2D eigenvalue weighted by Crippen LogP contribution is 2.23. The summed E-state index contributed by atoms with van der Waals surface area (Å²) in [5.74, 6) is 0.441. The normalized spacial score (nSPS) is 11.9. The molecule has 0 aliphatic rings. The number of nitrogens with one attached hydrogen (secondary N) is 2. The lowest BCUT2D eigenvalue weighted by molar-refractivity contribution is 0.0939. The molecule has 1 atom stereocenters. The smallest absolute Gasteiger partial charge is 0.251 e. The van der Waals surface area contributed by atoms with Crippen LogP contribution in [0.15, 0.2) is 42.9 Å². The number of hydrogen-bond acceptors (Lipinski definition) is 5. The first kappa shape index (κ1) is 18.6. The van der Waals surface area contributed by atoms with Crippen LogP contribution in [0, 0.1) is 6.92 Å². The van der Waals surface area contributed by atoms with Crippen LogP contribution >= 0.6 is 0 Å². The zero-order valence-electron chi connectivity index (χ0n) is 16.0. The molecule has 7 heteroatoms. The van der Waals surface area contributed by atoms with Gasteiger partial charge in [0.1, 0.15) is 0 Å². The predicted molar refractivity (Wildman–Crippen MR) is 106 cm³/mol. The van der Waals surface area contributed by atoms with Gasteiger partial charge in [-0.25, -0.2) is 9.97 Å². The topological polar surface area (TPSA) is 84.7 Å². The maximum atomic E-state index is 12.2. The second-order valence-corrected chi connectivity index (χ2v) is 6.61. The van der Waals surface area contributed by atoms with Gasteiger partial charge >= 0.3 is 0 Å². The molecule has 140 valence electrons. The van der Waals surface area contributed by atoms with Crippen LogP contribution in [-0.4, -0.2) is 31.7 Å². The molecule has 2 aromatic heterocycles. The molecule has 0 bridgehead atoms. The van der Waals surface area contributed by atoms with Crippen LogP contribution in [0.3, 0.4) is 0 Å². The Morgan fingerprint density at radius 1 is 1.22 bits per heavy atom. The summed E-state index contributed by atoms with van der Waals surface area (Å²) >= 11 is 0. The van der Waals surface area contributed by atoms with Crippen molar-refractivity contribution in [3.63, 3.8) is 0 Å². The van der Waals surface area contributed by atoms with Crippen LogP contribution in [-0.2, 0) is 7.05 Å². The zero-order chi connectivity index (χ0) is 19.4. The molecule has 0 radical (unpaired) electrons. The van der Waals surface area contributed by atoms with Crippen molar-refractivity contribution in [2.24, 2.45) is 7.05 Å². The van der Waals surface area contributed by atoms with Crippen molar-refractivity contribution >= 4 is 17.5 Å². The van der Waals surface area contributed by atoms with Gasteiger partial charge in [0.15, 0.2) is 0 Å². The maximum Gasteiger partial charge on any atom is 0.251 e. The summed E-state index contributed by atoms with van der Waals surface area (Å²) in [5, 5.41) is 10.2. The summed E-state index contributed by atoms with van der Waals surface area (Å²) in [5.41, 5.74) is 4.18. The molecular formula is C20H24N6O. The minimum Gasteiger partial charge on any atom is -0.350 e. The van der Waals surface area contributed by atoms with E-state index in [0.717, 1.165) is 28.9 Å². The summed E-state index contributed by atoms with van der Waals surface area (Å²) in [7, 11) is 1.85. The molecule has 1 amide bonds. The summed E-state index contributed by atoms with van der Waals surface area (Å²) in [4.78, 5) is 21.2. The number of aromatic nitrogens is 4. The Balaban J connectivity index is 1.81. The van der Waals surface area contributed by atoms with E-state index in [1.807, 2.05) is 58.3 Å². The number of nitrogens with zero attached hydrogens (tertiary/aromatic N) is 4. The van der Waals surface area contributed by atoms with Crippen LogP contribution in [0.5, 0.6) is 0 Å². The second-order valence-electron chi connectivity index (χ2n) is 6.61. The fraction of sp³-hybridized carbons (Fsp3) is 0.300. The van der Waals surface area contributed by atoms with Gasteiger partial charge in [-0.2, -0.15) is 5.10 Å². The molecule has 2 heterocycles. The lowest BCUT2D eigenvalue weighted by Gasteiger charge is -2.12. The third-order valence-corrected chi connectivity index (χ3v) is 4.34. The van der Waals surface area contributed by atoms with Gasteiger partial charge in [-0.15, -0.1) is 0 Å². The summed E-state index contributed by atoms with van der Waals surface area (Å²) in [6.45, 7) is 6.00. The maximum absolute atomic E-state index is 12.2. The van der Waals surface area contributed by atoms with Crippen LogP contribution < -0.4 is 10.6 Å². The number of aryl methyl sites for hydroxylation is 2. The van der Waals surface area contributed by atoms with Crippen molar-refractivity contribution < 1.29 is 4.79 Å². The monoisotopic (exact) mass is 364 g/mol. The molecule has 0 saturated heterocycles. The molecule has 0 unspecified atom stereocenters. The average Bonchev–Trinajstić information content (AvgIpc) is 3.08. The van der Waals surface area contributed by atoms with Crippen LogP contribution in [0.1, 0.15) is 36.2 Å². The Bertz CT molecular complexity index is 932. The highest BCUT2D eigenvalue weighted by molar-refractivity contribution is 5.94. The SMILES string of the molecule is CC[C@@H](C)NC(=O)c1ccc(-c2nc(Nc3cnn(C)c3)ncc2C)cc1. The zero-order valence-corrected chi connectivity index (χ0v) is 16.0. The number of rotatable bonds is 6. The van der Waals surface area contributed by atoms with Crippen molar-refractivity contribution in [1.29, 1.82) is 0 Å². The van der Waals surface area contributed by atoms with Crippen molar-refractivity contribution in [3.8, 4) is 11.3 Å². The Morgan fingerprint density at radius 2 is 1.96 bits per heavy atom. The van der Waals surface area contributed by atoms with Crippen LogP contribution in [0.4, 0.5) is 11.6 Å². The van der Waals surface area contributed by atoms with Gasteiger partial charge in [0.05, 0.1) is 17.6 Å². The van der Waals surface area contributed by atoms with E-state index in [1.54, 1.807) is 17.1 Å². The van der Waals surface area contributed by atoms with Crippen molar-refractivity contribution in [1.82, 2.24) is 25.1 Å². The van der Waals surface area contributed by atoms with E-state index in [1.165, 1.54) is 0 Å². The molecule has 0 aliphatic heterocycles. The van der Waals surface area contributed by atoms with E-state index in [4.69, 9.17) is 0 Å². The van der Waals surface area contributed by atoms with Gasteiger partial charge in [0.2, 0.25) is 5.95 Å². The Labute approximate surface area is 158 Å². The van der Waals surface area contributed by atoms with Crippen molar-refractivity contribution in [2.45, 2.75) is 33.2 Å². The molecule has 0 saturated carbocycles. The van der Waals surface area contributed by atoms with Crippen molar-refractivity contribution in [2.75, 3.05) is 5.32 Å². The first-order chi connectivity index (χ1) is 13.0. The fourth-order valence-electron chi connectivity index (χ4n) is 2.60. The first-order valence-electron chi connectivity index (χ1n) is 8.97. The van der Waals surface area contributed by atoms with Gasteiger partial charge in [-0.3, -0.25) is 9.48 Å². The van der Waals surface area contributed by atoms with Crippen LogP contribution in [0.2, 0.25) is 0 Å². The standard InChI is InChI=1S/C20H24N6O/c1-5-14(3)23-19(27)16-8-6-15(7-9-16)18-13(2)10-21-20(25-18)24-17-11-22-26(4)12-17/h6-12,14H,5H2,1-4H3,(H,23,27)(H,21,24,25)/t14-/m1/s1. The summed E-state index contributed by atoms with van der Waals surface area (Å²) < 4.78 is 1.71. The predicted octanol–water partition coefficient (Wildman–Crippen LogP) is 3.46. The molecule has 7 nitrogen and oxygen atoms in total. The third kappa shape index (κ3) is 4.49. The highest BCUT2D eigenvalue weighted by Gasteiger charge is 2.11. The summed E-state index contributed by atoms with van der Waals surface area (Å²) in [6, 6.07) is 7.62. The largest absolute Gasteiger partial charge is 0.350 e. The number of hydrogen-bond donors (Lipinski definition) is 2. The minimum absolute atomic E-state index is 0.0609. The molecule has 2 N–H and O–H groups in total. The van der Waals surface area contributed by atoms with Gasteiger partial charge in [-0.05, 0) is 38.0 Å². The number of carbonyl (C=O) groups is 1. The Hall–Kier alpha value is -3.22. The van der Waals surface area contributed by atoms with Gasteiger partial charge in [0.25, 0.3) is 5.91 Å². The molecule has 3 aromatic rings. The van der Waals surface area contributed by atoms with Gasteiger partial charge in [-0.1, -0.05) is 19.1 Å². The molecule has 27 heavy (non-hydrogen) atoms. The highest BCUT2D eigenvalue weighted by atomic mass is 16.1. The van der Waals surface area contributed by atoms with E-state index in [9.17, 15) is 4.79 Å². The Morgan fingerprint density at radius 3 is 2.59 bits per heavy atom. The van der Waals surface area contributed by atoms with E-state index < -0.39 is 0 Å². The molecule has 3 rings (SSSR count). The second kappa shape index (κ2) is 7.99. The molecule has 0 fully saturated rings. The average molecular weight is 364 g/mol. The molecule has 0 aliphatic carbocycles. The van der Waals surface area contributed by atoms with E-state index in [2.05, 4.69) is 25.7 Å². The number of carbonyl (C=O) groups excluding carboxylic acids is 1.